The average Bonchev–Trinajstić information content (AvgIpc) is 3.46. The van der Waals surface area contributed by atoms with Crippen LogP contribution in [0.25, 0.3) is 0 Å². The number of benzene rings is 1. The first-order chi connectivity index (χ1) is 25.2. The zero-order valence-corrected chi connectivity index (χ0v) is 34.0. The van der Waals surface area contributed by atoms with Gasteiger partial charge in [0.15, 0.2) is 0 Å². The summed E-state index contributed by atoms with van der Waals surface area (Å²) in [6, 6.07) is 6.51. The fourth-order valence-corrected chi connectivity index (χ4v) is 10.2. The van der Waals surface area contributed by atoms with E-state index in [-0.39, 0.29) is 23.5 Å². The highest BCUT2D eigenvalue weighted by molar-refractivity contribution is 5.75. The zero-order chi connectivity index (χ0) is 37.3. The molecule has 2 fully saturated rings. The Morgan fingerprint density at radius 1 is 0.750 bits per heavy atom. The third kappa shape index (κ3) is 12.1. The van der Waals surface area contributed by atoms with E-state index in [1.165, 1.54) is 56.1 Å². The molecular weight excluding hydrogens is 647 g/mol. The van der Waals surface area contributed by atoms with Crippen molar-refractivity contribution in [3.63, 3.8) is 0 Å². The lowest BCUT2D eigenvalue weighted by Crippen LogP contribution is -2.48. The van der Waals surface area contributed by atoms with Crippen LogP contribution in [0.1, 0.15) is 199 Å². The minimum absolute atomic E-state index is 0.00711. The SMILES string of the molecule is CCCCCC(=O)Oc1ccc2c(c1)C[C@@H](CCCCCCCCCN(C)C(=O)CCCCC)[C@@H]1[C@@H]2CC[C@]2(C)[C@@H](OC(=O)CCCCC)CC[C@@H]12. The second kappa shape index (κ2) is 22.1. The molecule has 0 heterocycles. The predicted octanol–water partition coefficient (Wildman–Crippen LogP) is 11.9. The maximum atomic E-state index is 12.9. The smallest absolute Gasteiger partial charge is 0.311 e. The Labute approximate surface area is 317 Å². The van der Waals surface area contributed by atoms with Gasteiger partial charge in [-0.1, -0.05) is 111 Å². The van der Waals surface area contributed by atoms with Crippen molar-refractivity contribution in [2.45, 2.75) is 200 Å². The Kier molecular flexibility index (Phi) is 18.0. The van der Waals surface area contributed by atoms with Gasteiger partial charge in [0.1, 0.15) is 11.9 Å². The Balaban J connectivity index is 1.34. The van der Waals surface area contributed by atoms with Crippen molar-refractivity contribution in [3.05, 3.63) is 29.3 Å². The standard InChI is InChI=1S/C46H75NO5/c1-6-9-17-23-42(48)47(5)32-21-16-14-12-13-15-20-22-35-33-36-34-37(51-43(49)24-18-10-7-2)26-27-38(36)39-30-31-46(4)40(45(35)39)28-29-41(46)52-44(50)25-19-11-8-3/h26-27,34-35,39-41,45H,6-25,28-33H2,1-5H3/t35-,39-,40+,41+,45-,46+/m1/s1. The van der Waals surface area contributed by atoms with E-state index in [1.807, 2.05) is 18.0 Å². The van der Waals surface area contributed by atoms with Crippen molar-refractivity contribution in [1.29, 1.82) is 0 Å². The van der Waals surface area contributed by atoms with Gasteiger partial charge in [-0.3, -0.25) is 14.4 Å². The third-order valence-corrected chi connectivity index (χ3v) is 13.2. The number of rotatable bonds is 24. The highest BCUT2D eigenvalue weighted by Crippen LogP contribution is 2.63. The van der Waals surface area contributed by atoms with E-state index in [2.05, 4.69) is 39.8 Å². The summed E-state index contributed by atoms with van der Waals surface area (Å²) in [5, 5.41) is 0. The molecule has 0 aliphatic heterocycles. The molecule has 0 N–H and O–H groups in total. The lowest BCUT2D eigenvalue weighted by atomic mass is 9.52. The molecule has 0 unspecified atom stereocenters. The third-order valence-electron chi connectivity index (χ3n) is 13.2. The normalized spacial score (nSPS) is 24.8. The van der Waals surface area contributed by atoms with Crippen LogP contribution in [0.4, 0.5) is 0 Å². The van der Waals surface area contributed by atoms with Crippen LogP contribution in [0.15, 0.2) is 18.2 Å². The second-order valence-electron chi connectivity index (χ2n) is 17.1. The first-order valence-corrected chi connectivity index (χ1v) is 22.0. The van der Waals surface area contributed by atoms with Gasteiger partial charge in [0.25, 0.3) is 0 Å². The molecule has 6 heteroatoms. The van der Waals surface area contributed by atoms with Gasteiger partial charge in [-0.05, 0) is 111 Å². The Morgan fingerprint density at radius 2 is 1.38 bits per heavy atom. The summed E-state index contributed by atoms with van der Waals surface area (Å²) in [5.41, 5.74) is 2.92. The molecule has 6 atom stereocenters. The summed E-state index contributed by atoms with van der Waals surface area (Å²) < 4.78 is 12.2. The van der Waals surface area contributed by atoms with Crippen LogP contribution >= 0.6 is 0 Å². The summed E-state index contributed by atoms with van der Waals surface area (Å²) in [7, 11) is 1.96. The van der Waals surface area contributed by atoms with Gasteiger partial charge in [-0.15, -0.1) is 0 Å². The van der Waals surface area contributed by atoms with E-state index in [0.717, 1.165) is 103 Å². The summed E-state index contributed by atoms with van der Waals surface area (Å²) in [6.45, 7) is 9.84. The highest BCUT2D eigenvalue weighted by atomic mass is 16.5. The first kappa shape index (κ1) is 42.4. The van der Waals surface area contributed by atoms with E-state index >= 15 is 0 Å². The van der Waals surface area contributed by atoms with E-state index in [4.69, 9.17) is 9.47 Å². The maximum Gasteiger partial charge on any atom is 0.311 e. The fraction of sp³-hybridized carbons (Fsp3) is 0.804. The molecule has 1 amide bonds. The Hall–Kier alpha value is -2.37. The monoisotopic (exact) mass is 722 g/mol. The van der Waals surface area contributed by atoms with E-state index < -0.39 is 0 Å². The minimum atomic E-state index is -0.115. The highest BCUT2D eigenvalue weighted by Gasteiger charge is 2.58. The lowest BCUT2D eigenvalue weighted by molar-refractivity contribution is -0.158. The Bertz CT molecular complexity index is 1250. The second-order valence-corrected chi connectivity index (χ2v) is 17.1. The van der Waals surface area contributed by atoms with Crippen molar-refractivity contribution >= 4 is 17.8 Å². The van der Waals surface area contributed by atoms with Crippen LogP contribution < -0.4 is 4.74 Å². The lowest BCUT2D eigenvalue weighted by Gasteiger charge is -2.53. The summed E-state index contributed by atoms with van der Waals surface area (Å²) in [6.07, 6.45) is 26.6. The average molecular weight is 722 g/mol. The fourth-order valence-electron chi connectivity index (χ4n) is 10.2. The molecule has 1 aromatic rings. The number of fused-ring (bicyclic) bond motifs is 5. The number of carbonyl (C=O) groups is 3. The van der Waals surface area contributed by atoms with Crippen LogP contribution in [0.2, 0.25) is 0 Å². The van der Waals surface area contributed by atoms with Crippen LogP contribution in [0.5, 0.6) is 5.75 Å². The van der Waals surface area contributed by atoms with Gasteiger partial charge in [0.2, 0.25) is 5.91 Å². The van der Waals surface area contributed by atoms with Gasteiger partial charge in [-0.25, -0.2) is 0 Å². The molecule has 2 saturated carbocycles. The largest absolute Gasteiger partial charge is 0.462 e. The zero-order valence-electron chi connectivity index (χ0n) is 34.0. The van der Waals surface area contributed by atoms with Gasteiger partial charge in [-0.2, -0.15) is 0 Å². The molecule has 0 radical (unpaired) electrons. The van der Waals surface area contributed by atoms with Crippen molar-refractivity contribution in [1.82, 2.24) is 4.90 Å². The molecule has 0 spiro atoms. The molecule has 6 nitrogen and oxygen atoms in total. The van der Waals surface area contributed by atoms with Crippen molar-refractivity contribution in [3.8, 4) is 5.75 Å². The van der Waals surface area contributed by atoms with Crippen LogP contribution in [0.3, 0.4) is 0 Å². The summed E-state index contributed by atoms with van der Waals surface area (Å²) in [4.78, 5) is 39.7. The van der Waals surface area contributed by atoms with E-state index in [9.17, 15) is 14.4 Å². The Morgan fingerprint density at radius 3 is 2.08 bits per heavy atom. The topological polar surface area (TPSA) is 72.9 Å². The quantitative estimate of drug-likeness (QED) is 0.0603. The number of esters is 2. The van der Waals surface area contributed by atoms with Gasteiger partial charge < -0.3 is 14.4 Å². The molecule has 3 aliphatic rings. The van der Waals surface area contributed by atoms with Crippen molar-refractivity contribution in [2.24, 2.45) is 23.2 Å². The number of amides is 1. The molecule has 52 heavy (non-hydrogen) atoms. The minimum Gasteiger partial charge on any atom is -0.462 e. The molecule has 0 saturated heterocycles. The van der Waals surface area contributed by atoms with Crippen molar-refractivity contribution in [2.75, 3.05) is 13.6 Å². The van der Waals surface area contributed by atoms with Crippen molar-refractivity contribution < 1.29 is 23.9 Å². The van der Waals surface area contributed by atoms with Gasteiger partial charge in [0, 0.05) is 38.3 Å². The molecule has 1 aromatic carbocycles. The number of nitrogens with zero attached hydrogens (tertiary/aromatic N) is 1. The summed E-state index contributed by atoms with van der Waals surface area (Å²) in [5.74, 6) is 3.21. The number of hydrogen-bond acceptors (Lipinski definition) is 5. The van der Waals surface area contributed by atoms with E-state index in [0.29, 0.717) is 54.6 Å². The molecular formula is C46H75NO5. The van der Waals surface area contributed by atoms with Crippen LogP contribution in [-0.2, 0) is 25.5 Å². The van der Waals surface area contributed by atoms with E-state index in [1.54, 1.807) is 0 Å². The number of unbranched alkanes of at least 4 members (excludes halogenated alkanes) is 12. The van der Waals surface area contributed by atoms with Crippen LogP contribution in [-0.4, -0.2) is 42.4 Å². The van der Waals surface area contributed by atoms with Crippen LogP contribution in [0, 0.1) is 23.2 Å². The number of ether oxygens (including phenoxy) is 2. The number of carbonyl (C=O) groups excluding carboxylic acids is 3. The predicted molar refractivity (Wildman–Crippen MR) is 212 cm³/mol. The maximum absolute atomic E-state index is 12.9. The molecule has 0 aromatic heterocycles. The first-order valence-electron chi connectivity index (χ1n) is 22.0. The number of hydrogen-bond donors (Lipinski definition) is 0. The molecule has 3 aliphatic carbocycles. The molecule has 4 rings (SSSR count). The summed E-state index contributed by atoms with van der Waals surface area (Å²) >= 11 is 0. The molecule has 294 valence electrons. The van der Waals surface area contributed by atoms with Gasteiger partial charge >= 0.3 is 11.9 Å². The van der Waals surface area contributed by atoms with Gasteiger partial charge in [0.05, 0.1) is 0 Å². The molecule has 0 bridgehead atoms.